The van der Waals surface area contributed by atoms with Crippen LogP contribution in [0.5, 0.6) is 0 Å². The Bertz CT molecular complexity index is 263. The van der Waals surface area contributed by atoms with Crippen molar-refractivity contribution in [2.75, 3.05) is 33.5 Å². The zero-order valence-electron chi connectivity index (χ0n) is 9.40. The van der Waals surface area contributed by atoms with Crippen molar-refractivity contribution >= 4 is 0 Å². The fraction of sp³-hybridized carbons (Fsp3) is 0.700. The molecule has 0 atom stereocenters. The summed E-state index contributed by atoms with van der Waals surface area (Å²) in [5, 5.41) is 3.28. The number of imidazole rings is 1. The van der Waals surface area contributed by atoms with Gasteiger partial charge < -0.3 is 19.4 Å². The van der Waals surface area contributed by atoms with Gasteiger partial charge in [0, 0.05) is 33.4 Å². The Kier molecular flexibility index (Phi) is 5.99. The minimum Gasteiger partial charge on any atom is -0.382 e. The van der Waals surface area contributed by atoms with Crippen molar-refractivity contribution in [3.05, 3.63) is 18.2 Å². The van der Waals surface area contributed by atoms with Gasteiger partial charge in [-0.2, -0.15) is 0 Å². The van der Waals surface area contributed by atoms with Crippen LogP contribution in [0.2, 0.25) is 0 Å². The van der Waals surface area contributed by atoms with Gasteiger partial charge in [0.15, 0.2) is 0 Å². The van der Waals surface area contributed by atoms with Crippen LogP contribution in [-0.4, -0.2) is 43.0 Å². The van der Waals surface area contributed by atoms with Gasteiger partial charge in [0.1, 0.15) is 0 Å². The predicted octanol–water partition coefficient (Wildman–Crippen LogP) is 0.173. The lowest BCUT2D eigenvalue weighted by Crippen LogP contribution is -2.21. The monoisotopic (exact) mass is 213 g/mol. The van der Waals surface area contributed by atoms with E-state index in [1.54, 1.807) is 13.4 Å². The maximum Gasteiger partial charge on any atom is 0.0945 e. The summed E-state index contributed by atoms with van der Waals surface area (Å²) in [5.41, 5.74) is 1.17. The van der Waals surface area contributed by atoms with E-state index in [9.17, 15) is 0 Å². The highest BCUT2D eigenvalue weighted by Crippen LogP contribution is 1.94. The molecule has 0 aliphatic rings. The number of aromatic nitrogens is 2. The summed E-state index contributed by atoms with van der Waals surface area (Å²) < 4.78 is 12.2. The molecule has 1 rings (SSSR count). The zero-order valence-corrected chi connectivity index (χ0v) is 9.40. The third kappa shape index (κ3) is 4.92. The van der Waals surface area contributed by atoms with Crippen LogP contribution in [0.25, 0.3) is 0 Å². The summed E-state index contributed by atoms with van der Waals surface area (Å²) >= 11 is 0. The number of aryl methyl sites for hydroxylation is 1. The largest absolute Gasteiger partial charge is 0.382 e. The fourth-order valence-corrected chi connectivity index (χ4v) is 1.16. The molecule has 0 aromatic carbocycles. The molecule has 0 saturated heterocycles. The average Bonchev–Trinajstić information content (AvgIpc) is 2.63. The first kappa shape index (κ1) is 12.2. The van der Waals surface area contributed by atoms with Gasteiger partial charge in [-0.1, -0.05) is 0 Å². The summed E-state index contributed by atoms with van der Waals surface area (Å²) in [4.78, 5) is 4.04. The predicted molar refractivity (Wildman–Crippen MR) is 57.6 cm³/mol. The van der Waals surface area contributed by atoms with Crippen LogP contribution < -0.4 is 5.32 Å². The first-order chi connectivity index (χ1) is 7.34. The molecule has 0 saturated carbocycles. The zero-order chi connectivity index (χ0) is 10.9. The standard InChI is InChI=1S/C10H19N3O2/c1-13-9-12-8-10(13)7-11-3-4-15-6-5-14-2/h8-9,11H,3-7H2,1-2H3. The van der Waals surface area contributed by atoms with Crippen molar-refractivity contribution in [1.29, 1.82) is 0 Å². The van der Waals surface area contributed by atoms with E-state index >= 15 is 0 Å². The Hall–Kier alpha value is -0.910. The highest BCUT2D eigenvalue weighted by Gasteiger charge is 1.96. The molecule has 1 aromatic heterocycles. The number of nitrogens with zero attached hydrogens (tertiary/aromatic N) is 2. The van der Waals surface area contributed by atoms with Crippen molar-refractivity contribution in [1.82, 2.24) is 14.9 Å². The molecule has 0 aliphatic carbocycles. The fourth-order valence-electron chi connectivity index (χ4n) is 1.16. The van der Waals surface area contributed by atoms with Gasteiger partial charge in [0.2, 0.25) is 0 Å². The molecule has 1 heterocycles. The number of ether oxygens (including phenoxy) is 2. The summed E-state index contributed by atoms with van der Waals surface area (Å²) in [6.07, 6.45) is 3.66. The van der Waals surface area contributed by atoms with Crippen molar-refractivity contribution in [2.45, 2.75) is 6.54 Å². The molecule has 1 aromatic rings. The first-order valence-corrected chi connectivity index (χ1v) is 5.07. The van der Waals surface area contributed by atoms with Crippen LogP contribution in [-0.2, 0) is 23.1 Å². The van der Waals surface area contributed by atoms with Crippen LogP contribution in [0.3, 0.4) is 0 Å². The first-order valence-electron chi connectivity index (χ1n) is 5.07. The Morgan fingerprint density at radius 2 is 2.27 bits per heavy atom. The van der Waals surface area contributed by atoms with Crippen molar-refractivity contribution < 1.29 is 9.47 Å². The molecule has 5 nitrogen and oxygen atoms in total. The molecular formula is C10H19N3O2. The van der Waals surface area contributed by atoms with Crippen molar-refractivity contribution in [3.8, 4) is 0 Å². The summed E-state index contributed by atoms with van der Waals surface area (Å²) in [6, 6.07) is 0. The van der Waals surface area contributed by atoms with Crippen molar-refractivity contribution in [2.24, 2.45) is 7.05 Å². The third-order valence-electron chi connectivity index (χ3n) is 2.08. The molecule has 0 unspecified atom stereocenters. The molecule has 0 aliphatic heterocycles. The highest BCUT2D eigenvalue weighted by molar-refractivity contribution is 4.96. The normalized spacial score (nSPS) is 10.8. The average molecular weight is 213 g/mol. The third-order valence-corrected chi connectivity index (χ3v) is 2.08. The van der Waals surface area contributed by atoms with Gasteiger partial charge in [0.05, 0.1) is 31.8 Å². The summed E-state index contributed by atoms with van der Waals surface area (Å²) in [6.45, 7) is 3.69. The number of hydrogen-bond donors (Lipinski definition) is 1. The lowest BCUT2D eigenvalue weighted by atomic mass is 10.4. The van der Waals surface area contributed by atoms with Gasteiger partial charge in [-0.05, 0) is 0 Å². The highest BCUT2D eigenvalue weighted by atomic mass is 16.5. The van der Waals surface area contributed by atoms with Gasteiger partial charge in [0.25, 0.3) is 0 Å². The van der Waals surface area contributed by atoms with Crippen LogP contribution >= 0.6 is 0 Å². The smallest absolute Gasteiger partial charge is 0.0945 e. The second-order valence-corrected chi connectivity index (χ2v) is 3.28. The molecule has 15 heavy (non-hydrogen) atoms. The molecule has 1 N–H and O–H groups in total. The number of methoxy groups -OCH3 is 1. The molecule has 0 spiro atoms. The minimum atomic E-state index is 0.654. The number of nitrogens with one attached hydrogen (secondary N) is 1. The summed E-state index contributed by atoms with van der Waals surface area (Å²) in [5.74, 6) is 0. The van der Waals surface area contributed by atoms with Gasteiger partial charge in [-0.3, -0.25) is 0 Å². The molecule has 86 valence electrons. The van der Waals surface area contributed by atoms with E-state index in [1.165, 1.54) is 5.69 Å². The number of rotatable bonds is 8. The topological polar surface area (TPSA) is 48.3 Å². The maximum absolute atomic E-state index is 5.31. The minimum absolute atomic E-state index is 0.654. The van der Waals surface area contributed by atoms with Crippen LogP contribution in [0.4, 0.5) is 0 Å². The SMILES string of the molecule is COCCOCCNCc1cncn1C. The van der Waals surface area contributed by atoms with E-state index < -0.39 is 0 Å². The van der Waals surface area contributed by atoms with E-state index in [-0.39, 0.29) is 0 Å². The van der Waals surface area contributed by atoms with Gasteiger partial charge in [-0.15, -0.1) is 0 Å². The van der Waals surface area contributed by atoms with Crippen LogP contribution in [0, 0.1) is 0 Å². The van der Waals surface area contributed by atoms with Crippen LogP contribution in [0.1, 0.15) is 5.69 Å². The molecular weight excluding hydrogens is 194 g/mol. The maximum atomic E-state index is 5.31. The Morgan fingerprint density at radius 1 is 1.40 bits per heavy atom. The molecule has 0 radical (unpaired) electrons. The molecule has 0 bridgehead atoms. The van der Waals surface area contributed by atoms with Crippen molar-refractivity contribution in [3.63, 3.8) is 0 Å². The molecule has 0 amide bonds. The van der Waals surface area contributed by atoms with Gasteiger partial charge in [-0.25, -0.2) is 4.98 Å². The van der Waals surface area contributed by atoms with E-state index in [2.05, 4.69) is 10.3 Å². The second kappa shape index (κ2) is 7.39. The van der Waals surface area contributed by atoms with E-state index in [0.29, 0.717) is 19.8 Å². The van der Waals surface area contributed by atoms with Gasteiger partial charge >= 0.3 is 0 Å². The van der Waals surface area contributed by atoms with E-state index in [0.717, 1.165) is 13.1 Å². The quantitative estimate of drug-likeness (QED) is 0.625. The lowest BCUT2D eigenvalue weighted by molar-refractivity contribution is 0.0718. The Morgan fingerprint density at radius 3 is 2.93 bits per heavy atom. The van der Waals surface area contributed by atoms with E-state index in [1.807, 2.05) is 17.8 Å². The second-order valence-electron chi connectivity index (χ2n) is 3.28. The summed E-state index contributed by atoms with van der Waals surface area (Å²) in [7, 11) is 3.66. The molecule has 5 heteroatoms. The number of hydrogen-bond acceptors (Lipinski definition) is 4. The molecule has 0 fully saturated rings. The Balaban J connectivity index is 1.96. The lowest BCUT2D eigenvalue weighted by Gasteiger charge is -2.06. The van der Waals surface area contributed by atoms with Crippen LogP contribution in [0.15, 0.2) is 12.5 Å². The Labute approximate surface area is 90.4 Å². The van der Waals surface area contributed by atoms with E-state index in [4.69, 9.17) is 9.47 Å².